The van der Waals surface area contributed by atoms with Crippen LogP contribution in [0.3, 0.4) is 0 Å². The Labute approximate surface area is 99.0 Å². The topological polar surface area (TPSA) is 92.8 Å². The summed E-state index contributed by atoms with van der Waals surface area (Å²) in [6.07, 6.45) is 0.407. The molecule has 0 aromatic carbocycles. The minimum absolute atomic E-state index is 0.0542. The number of imide groups is 1. The number of carbonyl (C=O) groups excluding carboxylic acids is 4. The molecule has 3 amide bonds. The van der Waals surface area contributed by atoms with Crippen molar-refractivity contribution in [1.29, 1.82) is 0 Å². The highest BCUT2D eigenvalue weighted by Gasteiger charge is 2.16. The van der Waals surface area contributed by atoms with E-state index < -0.39 is 11.9 Å². The van der Waals surface area contributed by atoms with Gasteiger partial charge < -0.3 is 10.2 Å². The van der Waals surface area contributed by atoms with Gasteiger partial charge in [-0.15, -0.1) is 5.06 Å². The van der Waals surface area contributed by atoms with Gasteiger partial charge in [-0.1, -0.05) is 13.8 Å². The van der Waals surface area contributed by atoms with E-state index in [0.29, 0.717) is 11.5 Å². The van der Waals surface area contributed by atoms with Crippen molar-refractivity contribution < 1.29 is 24.0 Å². The Morgan fingerprint density at radius 1 is 1.24 bits per heavy atom. The van der Waals surface area contributed by atoms with Crippen LogP contribution in [0.25, 0.3) is 0 Å². The number of hydroxylamine groups is 2. The van der Waals surface area contributed by atoms with Gasteiger partial charge in [0.15, 0.2) is 0 Å². The van der Waals surface area contributed by atoms with Gasteiger partial charge in [0.1, 0.15) is 0 Å². The standard InChI is InChI=1S/C10H16N2O5/c1-3-8(14)11-6-5-10(16)17-12(7-13)9(15)4-2/h7H,3-6H2,1-2H3,(H,11,14). The summed E-state index contributed by atoms with van der Waals surface area (Å²) in [6.45, 7) is 3.33. The fourth-order valence-electron chi connectivity index (χ4n) is 0.871. The van der Waals surface area contributed by atoms with Crippen molar-refractivity contribution in [3.05, 3.63) is 0 Å². The summed E-state index contributed by atoms with van der Waals surface area (Å²) < 4.78 is 0. The van der Waals surface area contributed by atoms with Crippen LogP contribution in [-0.2, 0) is 24.0 Å². The third-order valence-electron chi connectivity index (χ3n) is 1.82. The third-order valence-corrected chi connectivity index (χ3v) is 1.82. The predicted molar refractivity (Wildman–Crippen MR) is 57.2 cm³/mol. The molecule has 0 spiro atoms. The maximum absolute atomic E-state index is 11.2. The molecular weight excluding hydrogens is 228 g/mol. The van der Waals surface area contributed by atoms with E-state index in [1.54, 1.807) is 6.92 Å². The van der Waals surface area contributed by atoms with Crippen LogP contribution in [0.15, 0.2) is 0 Å². The molecule has 0 aliphatic heterocycles. The Bertz CT molecular complexity index is 303. The van der Waals surface area contributed by atoms with E-state index in [1.165, 1.54) is 6.92 Å². The van der Waals surface area contributed by atoms with Crippen LogP contribution in [0.4, 0.5) is 0 Å². The van der Waals surface area contributed by atoms with Crippen LogP contribution in [0.1, 0.15) is 33.1 Å². The highest BCUT2D eigenvalue weighted by molar-refractivity contribution is 5.86. The first-order valence-corrected chi connectivity index (χ1v) is 5.30. The molecule has 0 bridgehead atoms. The number of nitrogens with zero attached hydrogens (tertiary/aromatic N) is 1. The van der Waals surface area contributed by atoms with Gasteiger partial charge in [-0.05, 0) is 0 Å². The molecule has 0 fully saturated rings. The molecule has 1 N–H and O–H groups in total. The van der Waals surface area contributed by atoms with Gasteiger partial charge in [-0.25, -0.2) is 4.79 Å². The molecule has 0 aliphatic rings. The quantitative estimate of drug-likeness (QED) is 0.514. The smallest absolute Gasteiger partial charge is 0.334 e. The minimum atomic E-state index is -0.754. The predicted octanol–water partition coefficient (Wildman–Crippen LogP) is -0.244. The van der Waals surface area contributed by atoms with E-state index >= 15 is 0 Å². The molecule has 0 aliphatic carbocycles. The van der Waals surface area contributed by atoms with E-state index in [-0.39, 0.29) is 31.7 Å². The average molecular weight is 244 g/mol. The first-order chi connectivity index (χ1) is 8.04. The highest BCUT2D eigenvalue weighted by atomic mass is 16.7. The Hall–Kier alpha value is -1.92. The molecule has 17 heavy (non-hydrogen) atoms. The molecule has 0 saturated carbocycles. The third kappa shape index (κ3) is 6.29. The molecule has 96 valence electrons. The van der Waals surface area contributed by atoms with Crippen molar-refractivity contribution in [3.63, 3.8) is 0 Å². The van der Waals surface area contributed by atoms with Crippen molar-refractivity contribution in [2.45, 2.75) is 33.1 Å². The largest absolute Gasteiger partial charge is 0.356 e. The molecular formula is C10H16N2O5. The SMILES string of the molecule is CCC(=O)NCCC(=O)ON(C=O)C(=O)CC. The van der Waals surface area contributed by atoms with Crippen LogP contribution in [0.5, 0.6) is 0 Å². The molecule has 0 heterocycles. The van der Waals surface area contributed by atoms with Gasteiger partial charge in [0.05, 0.1) is 6.42 Å². The average Bonchev–Trinajstić information content (AvgIpc) is 2.34. The number of amides is 3. The minimum Gasteiger partial charge on any atom is -0.356 e. The normalized spacial score (nSPS) is 9.29. The highest BCUT2D eigenvalue weighted by Crippen LogP contribution is 1.95. The van der Waals surface area contributed by atoms with Crippen LogP contribution in [0, 0.1) is 0 Å². The van der Waals surface area contributed by atoms with Crippen LogP contribution in [0.2, 0.25) is 0 Å². The van der Waals surface area contributed by atoms with E-state index in [4.69, 9.17) is 0 Å². The van der Waals surface area contributed by atoms with E-state index in [1.807, 2.05) is 0 Å². The lowest BCUT2D eigenvalue weighted by molar-refractivity contribution is -0.196. The summed E-state index contributed by atoms with van der Waals surface area (Å²) >= 11 is 0. The molecule has 0 rings (SSSR count). The summed E-state index contributed by atoms with van der Waals surface area (Å²) in [4.78, 5) is 48.0. The van der Waals surface area contributed by atoms with E-state index in [9.17, 15) is 19.2 Å². The Balaban J connectivity index is 3.95. The molecule has 0 aromatic heterocycles. The van der Waals surface area contributed by atoms with E-state index in [0.717, 1.165) is 0 Å². The molecule has 0 unspecified atom stereocenters. The number of nitrogens with one attached hydrogen (secondary N) is 1. The lowest BCUT2D eigenvalue weighted by atomic mass is 10.4. The van der Waals surface area contributed by atoms with E-state index in [2.05, 4.69) is 10.2 Å². The fourth-order valence-corrected chi connectivity index (χ4v) is 0.871. The second-order valence-electron chi connectivity index (χ2n) is 3.10. The monoisotopic (exact) mass is 244 g/mol. The number of hydrogen-bond acceptors (Lipinski definition) is 5. The number of hydrogen-bond donors (Lipinski definition) is 1. The maximum atomic E-state index is 11.2. The summed E-state index contributed by atoms with van der Waals surface area (Å²) in [5.74, 6) is -1.55. The van der Waals surface area contributed by atoms with Crippen molar-refractivity contribution in [3.8, 4) is 0 Å². The summed E-state index contributed by atoms with van der Waals surface area (Å²) in [6, 6.07) is 0. The molecule has 0 radical (unpaired) electrons. The molecule has 0 saturated heterocycles. The van der Waals surface area contributed by atoms with Crippen molar-refractivity contribution in [2.75, 3.05) is 6.54 Å². The van der Waals surface area contributed by atoms with Gasteiger partial charge >= 0.3 is 5.97 Å². The zero-order valence-corrected chi connectivity index (χ0v) is 9.89. The lowest BCUT2D eigenvalue weighted by Gasteiger charge is -2.13. The van der Waals surface area contributed by atoms with Crippen LogP contribution < -0.4 is 5.32 Å². The number of rotatable bonds is 6. The van der Waals surface area contributed by atoms with Crippen molar-refractivity contribution in [2.24, 2.45) is 0 Å². The second kappa shape index (κ2) is 8.26. The van der Waals surface area contributed by atoms with Gasteiger partial charge in [0, 0.05) is 19.4 Å². The molecule has 0 atom stereocenters. The van der Waals surface area contributed by atoms with Crippen LogP contribution >= 0.6 is 0 Å². The zero-order chi connectivity index (χ0) is 13.3. The Morgan fingerprint density at radius 2 is 1.88 bits per heavy atom. The Morgan fingerprint density at radius 3 is 2.35 bits per heavy atom. The fraction of sp³-hybridized carbons (Fsp3) is 0.600. The van der Waals surface area contributed by atoms with Crippen LogP contribution in [-0.4, -0.2) is 35.8 Å². The van der Waals surface area contributed by atoms with Gasteiger partial charge in [-0.3, -0.25) is 14.4 Å². The zero-order valence-electron chi connectivity index (χ0n) is 9.89. The summed E-state index contributed by atoms with van der Waals surface area (Å²) in [5.41, 5.74) is 0. The molecule has 7 nitrogen and oxygen atoms in total. The first kappa shape index (κ1) is 15.1. The summed E-state index contributed by atoms with van der Waals surface area (Å²) in [5, 5.41) is 2.82. The first-order valence-electron chi connectivity index (χ1n) is 5.30. The molecule has 7 heteroatoms. The summed E-state index contributed by atoms with van der Waals surface area (Å²) in [7, 11) is 0. The second-order valence-corrected chi connectivity index (χ2v) is 3.10. The number of carbonyl (C=O) groups is 4. The maximum Gasteiger partial charge on any atom is 0.334 e. The molecule has 0 aromatic rings. The Kier molecular flexibility index (Phi) is 7.32. The van der Waals surface area contributed by atoms with Crippen molar-refractivity contribution in [1.82, 2.24) is 10.4 Å². The van der Waals surface area contributed by atoms with Gasteiger partial charge in [0.2, 0.25) is 5.91 Å². The van der Waals surface area contributed by atoms with Crippen molar-refractivity contribution >= 4 is 24.2 Å². The van der Waals surface area contributed by atoms with Gasteiger partial charge in [0.25, 0.3) is 12.3 Å². The lowest BCUT2D eigenvalue weighted by Crippen LogP contribution is -2.33. The van der Waals surface area contributed by atoms with Gasteiger partial charge in [-0.2, -0.15) is 0 Å².